The van der Waals surface area contributed by atoms with Crippen molar-refractivity contribution in [2.75, 3.05) is 0 Å². The van der Waals surface area contributed by atoms with Crippen LogP contribution in [-0.4, -0.2) is 16.8 Å². The van der Waals surface area contributed by atoms with Crippen molar-refractivity contribution in [1.82, 2.24) is 0 Å². The second-order valence-electron chi connectivity index (χ2n) is 3.76. The summed E-state index contributed by atoms with van der Waals surface area (Å²) in [6.07, 6.45) is -0.123. The Morgan fingerprint density at radius 3 is 1.95 bits per heavy atom. The average molecular weight is 334 g/mol. The van der Waals surface area contributed by atoms with Crippen LogP contribution >= 0.6 is 23.5 Å². The molecule has 1 aromatic carbocycles. The lowest BCUT2D eigenvalue weighted by Gasteiger charge is -2.13. The zero-order valence-corrected chi connectivity index (χ0v) is 11.6. The van der Waals surface area contributed by atoms with E-state index in [-0.39, 0.29) is 17.8 Å². The number of carbonyl (C=O) groups excluding carboxylic acids is 1. The summed E-state index contributed by atoms with van der Waals surface area (Å²) in [5.74, 6) is -0.288. The Kier molecular flexibility index (Phi) is 5.42. The fourth-order valence-corrected chi connectivity index (χ4v) is 2.79. The van der Waals surface area contributed by atoms with E-state index < -0.39 is 44.3 Å². The molecule has 0 aliphatic rings. The van der Waals surface area contributed by atoms with E-state index in [0.717, 1.165) is 12.1 Å². The van der Waals surface area contributed by atoms with Crippen LogP contribution in [0.2, 0.25) is 0 Å². The van der Waals surface area contributed by atoms with E-state index in [0.29, 0.717) is 0 Å². The van der Waals surface area contributed by atoms with Crippen LogP contribution in [-0.2, 0) is 11.2 Å². The number of alkyl halides is 6. The Hall–Kier alpha value is -0.830. The molecular formula is C11H8F6OS2. The molecule has 112 valence electrons. The Morgan fingerprint density at radius 1 is 1.00 bits per heavy atom. The largest absolute Gasteiger partial charge is 0.446 e. The molecule has 0 atom stereocenters. The lowest BCUT2D eigenvalue weighted by atomic mass is 10.1. The maximum absolute atomic E-state index is 12.4. The molecule has 1 aromatic rings. The summed E-state index contributed by atoms with van der Waals surface area (Å²) in [5, 5.41) is 0. The summed E-state index contributed by atoms with van der Waals surface area (Å²) >= 11 is -1.23. The van der Waals surface area contributed by atoms with Crippen LogP contribution in [0, 0.1) is 0 Å². The highest BCUT2D eigenvalue weighted by molar-refractivity contribution is 8.03. The molecule has 0 fully saturated rings. The van der Waals surface area contributed by atoms with E-state index in [2.05, 4.69) is 0 Å². The number of thioether (sulfide) groups is 2. The third-order valence-corrected chi connectivity index (χ3v) is 3.64. The SMILES string of the molecule is CC(=O)Cc1ccc(SC(F)(F)F)c(SC(F)(F)F)c1. The van der Waals surface area contributed by atoms with Gasteiger partial charge in [0.2, 0.25) is 0 Å². The van der Waals surface area contributed by atoms with E-state index in [9.17, 15) is 31.1 Å². The van der Waals surface area contributed by atoms with Gasteiger partial charge in [-0.25, -0.2) is 0 Å². The zero-order chi connectivity index (χ0) is 15.6. The first kappa shape index (κ1) is 17.2. The van der Waals surface area contributed by atoms with Gasteiger partial charge in [-0.15, -0.1) is 0 Å². The normalized spacial score (nSPS) is 12.6. The second kappa shape index (κ2) is 6.30. The number of benzene rings is 1. The molecule has 0 N–H and O–H groups in total. The molecular weight excluding hydrogens is 326 g/mol. The van der Waals surface area contributed by atoms with Crippen molar-refractivity contribution in [1.29, 1.82) is 0 Å². The van der Waals surface area contributed by atoms with Crippen molar-refractivity contribution in [3.63, 3.8) is 0 Å². The molecule has 0 heterocycles. The van der Waals surface area contributed by atoms with E-state index in [1.165, 1.54) is 13.0 Å². The van der Waals surface area contributed by atoms with Crippen molar-refractivity contribution < 1.29 is 31.1 Å². The second-order valence-corrected chi connectivity index (χ2v) is 5.97. The number of hydrogen-bond acceptors (Lipinski definition) is 3. The lowest BCUT2D eigenvalue weighted by Crippen LogP contribution is -2.04. The molecule has 0 spiro atoms. The molecule has 1 rings (SSSR count). The number of Topliss-reactive ketones (excluding diaryl/α,β-unsaturated/α-hetero) is 1. The van der Waals surface area contributed by atoms with Crippen molar-refractivity contribution in [3.8, 4) is 0 Å². The minimum absolute atomic E-state index is 0.123. The Labute approximate surface area is 119 Å². The molecule has 9 heteroatoms. The quantitative estimate of drug-likeness (QED) is 0.567. The van der Waals surface area contributed by atoms with Gasteiger partial charge in [0, 0.05) is 16.2 Å². The highest BCUT2D eigenvalue weighted by Gasteiger charge is 2.34. The van der Waals surface area contributed by atoms with Crippen LogP contribution in [0.1, 0.15) is 12.5 Å². The molecule has 0 aliphatic carbocycles. The van der Waals surface area contributed by atoms with E-state index in [1.54, 1.807) is 0 Å². The Bertz CT molecular complexity index is 495. The Balaban J connectivity index is 3.12. The van der Waals surface area contributed by atoms with E-state index in [1.807, 2.05) is 0 Å². The molecule has 1 nitrogen and oxygen atoms in total. The van der Waals surface area contributed by atoms with Gasteiger partial charge >= 0.3 is 11.0 Å². The molecule has 0 aliphatic heterocycles. The van der Waals surface area contributed by atoms with E-state index >= 15 is 0 Å². The van der Waals surface area contributed by atoms with Crippen LogP contribution in [0.25, 0.3) is 0 Å². The smallest absolute Gasteiger partial charge is 0.300 e. The van der Waals surface area contributed by atoms with Crippen molar-refractivity contribution in [2.45, 2.75) is 34.2 Å². The highest BCUT2D eigenvalue weighted by atomic mass is 32.2. The summed E-state index contributed by atoms with van der Waals surface area (Å²) in [4.78, 5) is 9.82. The first-order chi connectivity index (χ1) is 8.96. The van der Waals surface area contributed by atoms with Crippen molar-refractivity contribution in [3.05, 3.63) is 23.8 Å². The first-order valence-corrected chi connectivity index (χ1v) is 6.73. The molecule has 0 aromatic heterocycles. The summed E-state index contributed by atoms with van der Waals surface area (Å²) in [7, 11) is 0. The van der Waals surface area contributed by atoms with Gasteiger partial charge in [0.05, 0.1) is 0 Å². The van der Waals surface area contributed by atoms with Crippen LogP contribution in [0.4, 0.5) is 26.3 Å². The first-order valence-electron chi connectivity index (χ1n) is 5.10. The van der Waals surface area contributed by atoms with Gasteiger partial charge in [0.25, 0.3) is 0 Å². The standard InChI is InChI=1S/C11H8F6OS2/c1-6(18)4-7-2-3-8(19-10(12,13)14)9(5-7)20-11(15,16)17/h2-3,5H,4H2,1H3. The minimum Gasteiger partial charge on any atom is -0.300 e. The Morgan fingerprint density at radius 2 is 1.50 bits per heavy atom. The van der Waals surface area contributed by atoms with Gasteiger partial charge < -0.3 is 0 Å². The molecule has 20 heavy (non-hydrogen) atoms. The topological polar surface area (TPSA) is 17.1 Å². The van der Waals surface area contributed by atoms with Gasteiger partial charge in [-0.05, 0) is 48.1 Å². The zero-order valence-electron chi connectivity index (χ0n) is 9.93. The fraction of sp³-hybridized carbons (Fsp3) is 0.364. The number of hydrogen-bond donors (Lipinski definition) is 0. The molecule has 0 bridgehead atoms. The molecule has 0 radical (unpaired) electrons. The summed E-state index contributed by atoms with van der Waals surface area (Å²) in [6, 6.07) is 3.13. The fourth-order valence-electron chi connectivity index (χ4n) is 1.36. The monoisotopic (exact) mass is 334 g/mol. The van der Waals surface area contributed by atoms with Gasteiger partial charge in [-0.2, -0.15) is 26.3 Å². The predicted octanol–water partition coefficient (Wildman–Crippen LogP) is 5.04. The summed E-state index contributed by atoms with van der Waals surface area (Å²) in [6.45, 7) is 1.24. The molecule has 0 saturated carbocycles. The van der Waals surface area contributed by atoms with Crippen LogP contribution in [0.15, 0.2) is 28.0 Å². The van der Waals surface area contributed by atoms with Gasteiger partial charge in [-0.1, -0.05) is 6.07 Å². The van der Waals surface area contributed by atoms with Crippen molar-refractivity contribution >= 4 is 29.3 Å². The van der Waals surface area contributed by atoms with Crippen LogP contribution in [0.5, 0.6) is 0 Å². The lowest BCUT2D eigenvalue weighted by molar-refractivity contribution is -0.116. The predicted molar refractivity (Wildman–Crippen MR) is 64.7 cm³/mol. The highest BCUT2D eigenvalue weighted by Crippen LogP contribution is 2.46. The average Bonchev–Trinajstić information content (AvgIpc) is 2.16. The summed E-state index contributed by atoms with van der Waals surface area (Å²) < 4.78 is 73.9. The number of carbonyl (C=O) groups is 1. The van der Waals surface area contributed by atoms with Crippen LogP contribution in [0.3, 0.4) is 0 Å². The molecule has 0 unspecified atom stereocenters. The third-order valence-electron chi connectivity index (χ3n) is 1.91. The van der Waals surface area contributed by atoms with Gasteiger partial charge in [0.1, 0.15) is 5.78 Å². The number of halogens is 6. The van der Waals surface area contributed by atoms with Gasteiger partial charge in [0.15, 0.2) is 0 Å². The van der Waals surface area contributed by atoms with E-state index in [4.69, 9.17) is 0 Å². The van der Waals surface area contributed by atoms with Crippen molar-refractivity contribution in [2.24, 2.45) is 0 Å². The molecule has 0 saturated heterocycles. The number of ketones is 1. The maximum Gasteiger partial charge on any atom is 0.446 e. The molecule has 0 amide bonds. The minimum atomic E-state index is -4.70. The van der Waals surface area contributed by atoms with Gasteiger partial charge in [-0.3, -0.25) is 4.79 Å². The maximum atomic E-state index is 12.4. The number of rotatable bonds is 4. The van der Waals surface area contributed by atoms with Crippen LogP contribution < -0.4 is 0 Å². The summed E-state index contributed by atoms with van der Waals surface area (Å²) in [5.41, 5.74) is -9.13. The third kappa shape index (κ3) is 6.56.